The highest BCUT2D eigenvalue weighted by Gasteiger charge is 2.26. The molecule has 1 atom stereocenters. The van der Waals surface area contributed by atoms with E-state index in [2.05, 4.69) is 5.32 Å². The summed E-state index contributed by atoms with van der Waals surface area (Å²) in [5.74, 6) is 2.34. The van der Waals surface area contributed by atoms with Crippen molar-refractivity contribution < 1.29 is 23.7 Å². The van der Waals surface area contributed by atoms with E-state index in [9.17, 15) is 4.79 Å². The molecule has 6 heteroatoms. The topological polar surface area (TPSA) is 66.0 Å². The number of hydrogen-bond donors (Lipinski definition) is 1. The lowest BCUT2D eigenvalue weighted by Crippen LogP contribution is -2.43. The van der Waals surface area contributed by atoms with Gasteiger partial charge in [-0.3, -0.25) is 4.79 Å². The van der Waals surface area contributed by atoms with Crippen molar-refractivity contribution in [2.75, 3.05) is 20.3 Å². The molecule has 6 nitrogen and oxygen atoms in total. The lowest BCUT2D eigenvalue weighted by atomic mass is 10.2. The van der Waals surface area contributed by atoms with Gasteiger partial charge in [0.2, 0.25) is 6.10 Å². The first kappa shape index (κ1) is 17.0. The van der Waals surface area contributed by atoms with Crippen molar-refractivity contribution in [3.05, 3.63) is 48.0 Å². The van der Waals surface area contributed by atoms with Crippen LogP contribution in [0.3, 0.4) is 0 Å². The minimum atomic E-state index is -0.667. The van der Waals surface area contributed by atoms with Gasteiger partial charge in [0.15, 0.2) is 23.0 Å². The molecule has 0 saturated heterocycles. The molecule has 0 saturated carbocycles. The predicted octanol–water partition coefficient (Wildman–Crippen LogP) is 2.55. The number of carbonyl (C=O) groups excluding carboxylic acids is 1. The SMILES string of the molecule is CCOc1ccc(CNC(=O)C2COc3ccccc3O2)cc1OC. The molecule has 2 aromatic carbocycles. The number of amides is 1. The van der Waals surface area contributed by atoms with Gasteiger partial charge in [-0.1, -0.05) is 18.2 Å². The number of nitrogens with one attached hydrogen (secondary N) is 1. The number of benzene rings is 2. The molecule has 0 radical (unpaired) electrons. The van der Waals surface area contributed by atoms with E-state index in [1.54, 1.807) is 13.2 Å². The van der Waals surface area contributed by atoms with E-state index in [-0.39, 0.29) is 12.5 Å². The molecule has 1 aliphatic rings. The van der Waals surface area contributed by atoms with Crippen LogP contribution >= 0.6 is 0 Å². The van der Waals surface area contributed by atoms with Gasteiger partial charge in [0, 0.05) is 6.54 Å². The van der Waals surface area contributed by atoms with Crippen LogP contribution in [0.1, 0.15) is 12.5 Å². The molecule has 0 spiro atoms. The maximum atomic E-state index is 12.3. The third-order valence-corrected chi connectivity index (χ3v) is 3.80. The minimum Gasteiger partial charge on any atom is -0.493 e. The van der Waals surface area contributed by atoms with Crippen molar-refractivity contribution >= 4 is 5.91 Å². The molecule has 0 aliphatic carbocycles. The Labute approximate surface area is 146 Å². The monoisotopic (exact) mass is 343 g/mol. The molecule has 132 valence electrons. The van der Waals surface area contributed by atoms with E-state index in [1.165, 1.54) is 0 Å². The quantitative estimate of drug-likeness (QED) is 0.873. The zero-order valence-electron chi connectivity index (χ0n) is 14.3. The summed E-state index contributed by atoms with van der Waals surface area (Å²) >= 11 is 0. The number of para-hydroxylation sites is 2. The summed E-state index contributed by atoms with van der Waals surface area (Å²) in [5.41, 5.74) is 0.908. The first-order valence-corrected chi connectivity index (χ1v) is 8.17. The molecular weight excluding hydrogens is 322 g/mol. The molecule has 1 aliphatic heterocycles. The van der Waals surface area contributed by atoms with Gasteiger partial charge in [-0.15, -0.1) is 0 Å². The van der Waals surface area contributed by atoms with Crippen molar-refractivity contribution in [2.24, 2.45) is 0 Å². The lowest BCUT2D eigenvalue weighted by Gasteiger charge is -2.25. The van der Waals surface area contributed by atoms with Crippen molar-refractivity contribution in [3.63, 3.8) is 0 Å². The van der Waals surface area contributed by atoms with E-state index in [1.807, 2.05) is 43.3 Å². The standard InChI is InChI=1S/C19H21NO5/c1-3-23-15-9-8-13(10-17(15)22-2)11-20-19(21)18-12-24-14-6-4-5-7-16(14)25-18/h4-10,18H,3,11-12H2,1-2H3,(H,20,21). The van der Waals surface area contributed by atoms with E-state index in [0.29, 0.717) is 36.1 Å². The number of hydrogen-bond acceptors (Lipinski definition) is 5. The Bertz CT molecular complexity index is 746. The predicted molar refractivity (Wildman–Crippen MR) is 92.4 cm³/mol. The van der Waals surface area contributed by atoms with Gasteiger partial charge < -0.3 is 24.3 Å². The van der Waals surface area contributed by atoms with Crippen molar-refractivity contribution in [1.82, 2.24) is 5.32 Å². The molecule has 2 aromatic rings. The van der Waals surface area contributed by atoms with Crippen LogP contribution in [0.25, 0.3) is 0 Å². The lowest BCUT2D eigenvalue weighted by molar-refractivity contribution is -0.130. The Balaban J connectivity index is 1.59. The van der Waals surface area contributed by atoms with Crippen LogP contribution < -0.4 is 24.3 Å². The zero-order valence-corrected chi connectivity index (χ0v) is 14.3. The van der Waals surface area contributed by atoms with Crippen molar-refractivity contribution in [3.8, 4) is 23.0 Å². The Hall–Kier alpha value is -2.89. The summed E-state index contributed by atoms with van der Waals surface area (Å²) in [6.07, 6.45) is -0.667. The summed E-state index contributed by atoms with van der Waals surface area (Å²) < 4.78 is 22.1. The number of rotatable bonds is 6. The van der Waals surface area contributed by atoms with Gasteiger partial charge in [-0.2, -0.15) is 0 Å². The second-order valence-electron chi connectivity index (χ2n) is 5.50. The Morgan fingerprint density at radius 2 is 2.00 bits per heavy atom. The second kappa shape index (κ2) is 7.79. The number of fused-ring (bicyclic) bond motifs is 1. The molecule has 0 fully saturated rings. The highest BCUT2D eigenvalue weighted by atomic mass is 16.6. The fourth-order valence-corrected chi connectivity index (χ4v) is 2.55. The molecule has 1 heterocycles. The van der Waals surface area contributed by atoms with Gasteiger partial charge in [-0.05, 0) is 36.8 Å². The van der Waals surface area contributed by atoms with E-state index in [4.69, 9.17) is 18.9 Å². The van der Waals surface area contributed by atoms with E-state index < -0.39 is 6.10 Å². The average Bonchev–Trinajstić information content (AvgIpc) is 2.66. The maximum Gasteiger partial charge on any atom is 0.264 e. The van der Waals surface area contributed by atoms with E-state index >= 15 is 0 Å². The Kier molecular flexibility index (Phi) is 5.28. The fourth-order valence-electron chi connectivity index (χ4n) is 2.55. The fraction of sp³-hybridized carbons (Fsp3) is 0.316. The largest absolute Gasteiger partial charge is 0.493 e. The van der Waals surface area contributed by atoms with Crippen LogP contribution in [0.2, 0.25) is 0 Å². The van der Waals surface area contributed by atoms with Crippen molar-refractivity contribution in [2.45, 2.75) is 19.6 Å². The number of methoxy groups -OCH3 is 1. The number of ether oxygens (including phenoxy) is 4. The third kappa shape index (κ3) is 3.96. The molecule has 1 N–H and O–H groups in total. The molecular formula is C19H21NO5. The minimum absolute atomic E-state index is 0.190. The molecule has 3 rings (SSSR count). The average molecular weight is 343 g/mol. The Morgan fingerprint density at radius 1 is 1.20 bits per heavy atom. The summed E-state index contributed by atoms with van der Waals surface area (Å²) in [7, 11) is 1.59. The zero-order chi connectivity index (χ0) is 17.6. The number of carbonyl (C=O) groups is 1. The van der Waals surface area contributed by atoms with Gasteiger partial charge in [-0.25, -0.2) is 0 Å². The van der Waals surface area contributed by atoms with Crippen LogP contribution in [0.4, 0.5) is 0 Å². The van der Waals surface area contributed by atoms with Crippen LogP contribution in [0.15, 0.2) is 42.5 Å². The third-order valence-electron chi connectivity index (χ3n) is 3.80. The van der Waals surface area contributed by atoms with Gasteiger partial charge >= 0.3 is 0 Å². The van der Waals surface area contributed by atoms with Gasteiger partial charge in [0.25, 0.3) is 5.91 Å². The summed E-state index contributed by atoms with van der Waals surface area (Å²) in [6, 6.07) is 12.9. The first-order valence-electron chi connectivity index (χ1n) is 8.17. The second-order valence-corrected chi connectivity index (χ2v) is 5.50. The van der Waals surface area contributed by atoms with Crippen LogP contribution in [-0.2, 0) is 11.3 Å². The van der Waals surface area contributed by atoms with Crippen LogP contribution in [0.5, 0.6) is 23.0 Å². The molecule has 25 heavy (non-hydrogen) atoms. The van der Waals surface area contributed by atoms with Crippen LogP contribution in [-0.4, -0.2) is 32.3 Å². The molecule has 1 amide bonds. The van der Waals surface area contributed by atoms with Crippen molar-refractivity contribution in [1.29, 1.82) is 0 Å². The maximum absolute atomic E-state index is 12.3. The molecule has 0 aromatic heterocycles. The smallest absolute Gasteiger partial charge is 0.264 e. The summed E-state index contributed by atoms with van der Waals surface area (Å²) in [5, 5.41) is 2.86. The first-order chi connectivity index (χ1) is 12.2. The normalized spacial score (nSPS) is 15.4. The molecule has 0 bridgehead atoms. The summed E-state index contributed by atoms with van der Waals surface area (Å²) in [6.45, 7) is 3.03. The highest BCUT2D eigenvalue weighted by molar-refractivity contribution is 5.81. The Morgan fingerprint density at radius 3 is 2.76 bits per heavy atom. The van der Waals surface area contributed by atoms with E-state index in [0.717, 1.165) is 5.56 Å². The van der Waals surface area contributed by atoms with Crippen LogP contribution in [0, 0.1) is 0 Å². The molecule has 1 unspecified atom stereocenters. The van der Waals surface area contributed by atoms with Gasteiger partial charge in [0.05, 0.1) is 13.7 Å². The highest BCUT2D eigenvalue weighted by Crippen LogP contribution is 2.31. The summed E-state index contributed by atoms with van der Waals surface area (Å²) in [4.78, 5) is 12.3. The van der Waals surface area contributed by atoms with Gasteiger partial charge in [0.1, 0.15) is 6.61 Å².